The third-order valence-corrected chi connectivity index (χ3v) is 16.4. The van der Waals surface area contributed by atoms with Gasteiger partial charge in [-0.1, -0.05) is 137 Å². The number of anilines is 3. The summed E-state index contributed by atoms with van der Waals surface area (Å²) in [5.41, 5.74) is 19.2. The van der Waals surface area contributed by atoms with Crippen molar-refractivity contribution in [2.75, 3.05) is 4.90 Å². The standard InChI is InChI=1S/C54H51N/c1-51(2)26-27-52(3,4)47-30-37(20-25-45(47)51)35-18-21-39(22-19-35)55(48-17-11-9-14-41(48)36-12-6-5-7-13-36)40-23-24-43-42-15-8-10-16-44(42)54(46(43)32-40)49-29-34-28-38-31-50(54)53(38,49)33-34/h5-25,30,32,34,38,49-50H,26-29,31,33H2,1-4H3. The minimum Gasteiger partial charge on any atom is -0.310 e. The van der Waals surface area contributed by atoms with Crippen LogP contribution in [0.1, 0.15) is 88.5 Å². The molecule has 2 bridgehead atoms. The van der Waals surface area contributed by atoms with E-state index in [4.69, 9.17) is 0 Å². The van der Waals surface area contributed by atoms with Crippen LogP contribution in [0.3, 0.4) is 0 Å². The molecule has 4 fully saturated rings. The van der Waals surface area contributed by atoms with Crippen molar-refractivity contribution in [3.8, 4) is 33.4 Å². The molecule has 0 saturated heterocycles. The molecule has 1 nitrogen and oxygen atoms in total. The number of hydrogen-bond acceptors (Lipinski definition) is 1. The predicted molar refractivity (Wildman–Crippen MR) is 228 cm³/mol. The molecule has 0 aromatic heterocycles. The SMILES string of the molecule is CC1(C)CCC(C)(C)c2cc(-c3ccc(N(c4ccc5c(c4)C4(c6ccccc6-5)C5CC6CC7CC4C75C6)c4ccccc4-c4ccccc4)cc3)ccc21. The van der Waals surface area contributed by atoms with Gasteiger partial charge in [0.05, 0.1) is 5.69 Å². The molecule has 0 amide bonds. The van der Waals surface area contributed by atoms with E-state index in [1.165, 1.54) is 100 Å². The minimum atomic E-state index is 0.164. The largest absolute Gasteiger partial charge is 0.310 e. The summed E-state index contributed by atoms with van der Waals surface area (Å²) in [4.78, 5) is 2.56. The quantitative estimate of drug-likeness (QED) is 0.172. The molecule has 0 radical (unpaired) electrons. The lowest BCUT2D eigenvalue weighted by Crippen LogP contribution is -2.73. The summed E-state index contributed by atoms with van der Waals surface area (Å²) in [6.45, 7) is 9.69. The van der Waals surface area contributed by atoms with Gasteiger partial charge in [-0.25, -0.2) is 0 Å². The van der Waals surface area contributed by atoms with Crippen LogP contribution in [0.2, 0.25) is 0 Å². The lowest BCUT2D eigenvalue weighted by Gasteiger charge is -2.76. The third kappa shape index (κ3) is 4.10. The molecule has 4 saturated carbocycles. The summed E-state index contributed by atoms with van der Waals surface area (Å²) in [7, 11) is 0. The van der Waals surface area contributed by atoms with Crippen LogP contribution in [0, 0.1) is 29.1 Å². The first-order chi connectivity index (χ1) is 26.7. The molecule has 1 heteroatoms. The Labute approximate surface area is 327 Å². The average Bonchev–Trinajstić information content (AvgIpc) is 3.84. The molecular formula is C54H51N. The van der Waals surface area contributed by atoms with Gasteiger partial charge in [-0.05, 0) is 159 Å². The number of benzene rings is 6. The van der Waals surface area contributed by atoms with Crippen LogP contribution in [-0.2, 0) is 16.2 Å². The second-order valence-electron chi connectivity index (χ2n) is 19.6. The van der Waals surface area contributed by atoms with E-state index in [0.717, 1.165) is 23.7 Å². The molecule has 6 aliphatic rings. The molecule has 0 heterocycles. The molecule has 6 unspecified atom stereocenters. The van der Waals surface area contributed by atoms with Gasteiger partial charge < -0.3 is 4.90 Å². The Hall–Kier alpha value is -4.88. The number of rotatable bonds is 5. The molecule has 0 aliphatic heterocycles. The van der Waals surface area contributed by atoms with Gasteiger partial charge in [-0.2, -0.15) is 0 Å². The molecule has 6 aliphatic carbocycles. The van der Waals surface area contributed by atoms with Crippen molar-refractivity contribution < 1.29 is 0 Å². The molecular weight excluding hydrogens is 663 g/mol. The average molecular weight is 714 g/mol. The summed E-state index contributed by atoms with van der Waals surface area (Å²) in [5.74, 6) is 3.50. The highest BCUT2D eigenvalue weighted by atomic mass is 15.1. The van der Waals surface area contributed by atoms with Crippen LogP contribution in [0.15, 0.2) is 140 Å². The Balaban J connectivity index is 1.01. The van der Waals surface area contributed by atoms with Gasteiger partial charge in [0.25, 0.3) is 0 Å². The lowest BCUT2D eigenvalue weighted by molar-refractivity contribution is -0.231. The van der Waals surface area contributed by atoms with Crippen molar-refractivity contribution in [2.45, 2.75) is 82.5 Å². The second-order valence-corrected chi connectivity index (χ2v) is 19.6. The Morgan fingerprint density at radius 3 is 1.93 bits per heavy atom. The molecule has 6 aromatic carbocycles. The van der Waals surface area contributed by atoms with Crippen molar-refractivity contribution >= 4 is 17.1 Å². The molecule has 12 rings (SSSR count). The van der Waals surface area contributed by atoms with Gasteiger partial charge in [0.1, 0.15) is 0 Å². The van der Waals surface area contributed by atoms with Crippen LogP contribution < -0.4 is 4.90 Å². The fourth-order valence-electron chi connectivity index (χ4n) is 14.0. The van der Waals surface area contributed by atoms with E-state index in [0.29, 0.717) is 5.41 Å². The number of fused-ring (bicyclic) bond motifs is 9. The summed E-state index contributed by atoms with van der Waals surface area (Å²) in [6, 6.07) is 53.8. The van der Waals surface area contributed by atoms with Gasteiger partial charge in [0.2, 0.25) is 0 Å². The highest BCUT2D eigenvalue weighted by Gasteiger charge is 2.84. The third-order valence-electron chi connectivity index (χ3n) is 16.4. The van der Waals surface area contributed by atoms with Gasteiger partial charge in [0, 0.05) is 22.4 Å². The van der Waals surface area contributed by atoms with Crippen molar-refractivity contribution in [3.63, 3.8) is 0 Å². The van der Waals surface area contributed by atoms with Crippen LogP contribution in [0.25, 0.3) is 33.4 Å². The fourth-order valence-corrected chi connectivity index (χ4v) is 14.0. The van der Waals surface area contributed by atoms with E-state index in [2.05, 4.69) is 172 Å². The Morgan fingerprint density at radius 1 is 0.473 bits per heavy atom. The molecule has 6 atom stereocenters. The lowest BCUT2D eigenvalue weighted by atomic mass is 9.27. The summed E-state index contributed by atoms with van der Waals surface area (Å²) >= 11 is 0. The van der Waals surface area contributed by atoms with Gasteiger partial charge >= 0.3 is 0 Å². The molecule has 55 heavy (non-hydrogen) atoms. The Morgan fingerprint density at radius 2 is 1.13 bits per heavy atom. The first-order valence-corrected chi connectivity index (χ1v) is 21.1. The molecule has 272 valence electrons. The highest BCUT2D eigenvalue weighted by Crippen LogP contribution is 2.89. The van der Waals surface area contributed by atoms with Crippen molar-refractivity contribution in [1.29, 1.82) is 0 Å². The predicted octanol–water partition coefficient (Wildman–Crippen LogP) is 14.2. The van der Waals surface area contributed by atoms with Crippen molar-refractivity contribution in [1.82, 2.24) is 0 Å². The van der Waals surface area contributed by atoms with E-state index >= 15 is 0 Å². The van der Waals surface area contributed by atoms with Crippen LogP contribution >= 0.6 is 0 Å². The topological polar surface area (TPSA) is 3.24 Å². The van der Waals surface area contributed by atoms with E-state index in [-0.39, 0.29) is 16.2 Å². The van der Waals surface area contributed by atoms with Gasteiger partial charge in [-0.15, -0.1) is 0 Å². The Bertz CT molecular complexity index is 2540. The zero-order valence-electron chi connectivity index (χ0n) is 32.8. The van der Waals surface area contributed by atoms with E-state index < -0.39 is 0 Å². The maximum Gasteiger partial charge on any atom is 0.0540 e. The molecule has 6 aromatic rings. The summed E-state index contributed by atoms with van der Waals surface area (Å²) < 4.78 is 0. The van der Waals surface area contributed by atoms with Crippen LogP contribution in [-0.4, -0.2) is 0 Å². The smallest absolute Gasteiger partial charge is 0.0540 e. The Kier molecular flexibility index (Phi) is 6.42. The van der Waals surface area contributed by atoms with Crippen molar-refractivity contribution in [2.24, 2.45) is 29.1 Å². The monoisotopic (exact) mass is 713 g/mol. The number of nitrogens with zero attached hydrogens (tertiary/aromatic N) is 1. The van der Waals surface area contributed by atoms with Crippen molar-refractivity contribution in [3.05, 3.63) is 162 Å². The fraction of sp³-hybridized carbons (Fsp3) is 0.333. The molecule has 2 spiro atoms. The summed E-state index contributed by atoms with van der Waals surface area (Å²) in [5, 5.41) is 0. The first kappa shape index (κ1) is 32.4. The summed E-state index contributed by atoms with van der Waals surface area (Å²) in [6.07, 6.45) is 8.30. The number of para-hydroxylation sites is 1. The minimum absolute atomic E-state index is 0.164. The number of hydrogen-bond donors (Lipinski definition) is 0. The molecule has 0 N–H and O–H groups in total. The van der Waals surface area contributed by atoms with Crippen LogP contribution in [0.4, 0.5) is 17.1 Å². The maximum absolute atomic E-state index is 2.64. The zero-order chi connectivity index (χ0) is 36.9. The first-order valence-electron chi connectivity index (χ1n) is 21.1. The highest BCUT2D eigenvalue weighted by molar-refractivity contribution is 5.91. The van der Waals surface area contributed by atoms with Gasteiger partial charge in [-0.3, -0.25) is 0 Å². The van der Waals surface area contributed by atoms with Gasteiger partial charge in [0.15, 0.2) is 0 Å². The normalized spacial score (nSPS) is 29.1. The van der Waals surface area contributed by atoms with Crippen LogP contribution in [0.5, 0.6) is 0 Å². The zero-order valence-corrected chi connectivity index (χ0v) is 32.8. The maximum atomic E-state index is 2.64. The van der Waals surface area contributed by atoms with E-state index in [9.17, 15) is 0 Å². The van der Waals surface area contributed by atoms with E-state index in [1.807, 2.05) is 0 Å². The van der Waals surface area contributed by atoms with E-state index in [1.54, 1.807) is 11.1 Å². The second kappa shape index (κ2) is 10.9.